The Labute approximate surface area is 106 Å². The van der Waals surface area contributed by atoms with Gasteiger partial charge >= 0.3 is 0 Å². The molecule has 0 fully saturated rings. The molecule has 1 unspecified atom stereocenters. The largest absolute Gasteiger partial charge is 0.368 e. The van der Waals surface area contributed by atoms with Gasteiger partial charge in [-0.1, -0.05) is 6.07 Å². The van der Waals surface area contributed by atoms with Crippen LogP contribution in [0.1, 0.15) is 27.6 Å². The molecule has 3 amide bonds. The molecule has 98 valence electrons. The van der Waals surface area contributed by atoms with Crippen molar-refractivity contribution in [3.05, 3.63) is 39.4 Å². The van der Waals surface area contributed by atoms with E-state index in [1.165, 1.54) is 19.1 Å². The maximum Gasteiger partial charge on any atom is 0.282 e. The Balaban J connectivity index is 2.59. The van der Waals surface area contributed by atoms with E-state index in [0.717, 1.165) is 6.07 Å². The lowest BCUT2D eigenvalue weighted by Crippen LogP contribution is -2.45. The highest BCUT2D eigenvalue weighted by Crippen LogP contribution is 2.31. The SMILES string of the molecule is CC(C(N)=O)N1C(=O)c2cccc([N+](=O)[O-])c2C1=O. The molecular weight excluding hydrogens is 254 g/mol. The van der Waals surface area contributed by atoms with Gasteiger partial charge in [0.15, 0.2) is 0 Å². The summed E-state index contributed by atoms with van der Waals surface area (Å²) in [5.74, 6) is -2.49. The molecule has 2 rings (SSSR count). The maximum absolute atomic E-state index is 12.1. The van der Waals surface area contributed by atoms with Crippen LogP contribution in [-0.4, -0.2) is 33.6 Å². The Hall–Kier alpha value is -2.77. The van der Waals surface area contributed by atoms with E-state index in [2.05, 4.69) is 0 Å². The van der Waals surface area contributed by atoms with Gasteiger partial charge in [0.2, 0.25) is 5.91 Å². The van der Waals surface area contributed by atoms with Gasteiger partial charge in [-0.15, -0.1) is 0 Å². The molecule has 0 radical (unpaired) electrons. The molecule has 19 heavy (non-hydrogen) atoms. The summed E-state index contributed by atoms with van der Waals surface area (Å²) in [5, 5.41) is 10.9. The number of fused-ring (bicyclic) bond motifs is 1. The highest BCUT2D eigenvalue weighted by atomic mass is 16.6. The minimum absolute atomic E-state index is 0.0905. The first-order valence-electron chi connectivity index (χ1n) is 5.31. The molecule has 0 saturated heterocycles. The second kappa shape index (κ2) is 4.16. The Kier molecular flexibility index (Phi) is 2.78. The fourth-order valence-corrected chi connectivity index (χ4v) is 1.92. The van der Waals surface area contributed by atoms with Crippen molar-refractivity contribution in [2.75, 3.05) is 0 Å². The van der Waals surface area contributed by atoms with Crippen LogP contribution >= 0.6 is 0 Å². The molecule has 0 spiro atoms. The van der Waals surface area contributed by atoms with Gasteiger partial charge in [0.05, 0.1) is 10.5 Å². The van der Waals surface area contributed by atoms with E-state index in [4.69, 9.17) is 5.73 Å². The van der Waals surface area contributed by atoms with Crippen molar-refractivity contribution >= 4 is 23.4 Å². The number of primary amides is 1. The van der Waals surface area contributed by atoms with Crippen LogP contribution in [0.25, 0.3) is 0 Å². The van der Waals surface area contributed by atoms with E-state index in [9.17, 15) is 24.5 Å². The molecule has 1 heterocycles. The average molecular weight is 263 g/mol. The van der Waals surface area contributed by atoms with Gasteiger partial charge in [-0.25, -0.2) is 0 Å². The predicted molar refractivity (Wildman–Crippen MR) is 62.3 cm³/mol. The fourth-order valence-electron chi connectivity index (χ4n) is 1.92. The van der Waals surface area contributed by atoms with Crippen molar-refractivity contribution < 1.29 is 19.3 Å². The van der Waals surface area contributed by atoms with Crippen LogP contribution in [0.15, 0.2) is 18.2 Å². The van der Waals surface area contributed by atoms with Crippen molar-refractivity contribution in [3.63, 3.8) is 0 Å². The number of carbonyl (C=O) groups is 3. The standard InChI is InChI=1S/C11H9N3O5/c1-5(9(12)15)13-10(16)6-3-2-4-7(14(18)19)8(6)11(13)17/h2-5H,1H3,(H2,12,15). The number of nitrogens with two attached hydrogens (primary N) is 1. The van der Waals surface area contributed by atoms with Crippen LogP contribution in [-0.2, 0) is 4.79 Å². The van der Waals surface area contributed by atoms with Crippen LogP contribution in [0, 0.1) is 10.1 Å². The van der Waals surface area contributed by atoms with Gasteiger partial charge in [-0.3, -0.25) is 29.4 Å². The Morgan fingerprint density at radius 2 is 2.00 bits per heavy atom. The maximum atomic E-state index is 12.1. The zero-order valence-electron chi connectivity index (χ0n) is 9.82. The summed E-state index contributed by atoms with van der Waals surface area (Å²) >= 11 is 0. The predicted octanol–water partition coefficient (Wildman–Crippen LogP) is 0.0646. The quantitative estimate of drug-likeness (QED) is 0.469. The van der Waals surface area contributed by atoms with E-state index < -0.39 is 34.4 Å². The van der Waals surface area contributed by atoms with Gasteiger partial charge in [-0.05, 0) is 13.0 Å². The Bertz CT molecular complexity index is 625. The van der Waals surface area contributed by atoms with Gasteiger partial charge in [0.25, 0.3) is 17.5 Å². The topological polar surface area (TPSA) is 124 Å². The molecule has 1 aromatic carbocycles. The van der Waals surface area contributed by atoms with Crippen molar-refractivity contribution in [1.82, 2.24) is 4.90 Å². The molecule has 1 aliphatic rings. The first kappa shape index (κ1) is 12.7. The third-order valence-electron chi connectivity index (χ3n) is 2.92. The number of hydrogen-bond donors (Lipinski definition) is 1. The minimum Gasteiger partial charge on any atom is -0.368 e. The number of amides is 3. The fraction of sp³-hybridized carbons (Fsp3) is 0.182. The number of rotatable bonds is 3. The molecule has 0 aliphatic carbocycles. The van der Waals surface area contributed by atoms with Crippen molar-refractivity contribution in [2.24, 2.45) is 5.73 Å². The lowest BCUT2D eigenvalue weighted by atomic mass is 10.1. The van der Waals surface area contributed by atoms with Gasteiger partial charge in [-0.2, -0.15) is 0 Å². The molecule has 0 aromatic heterocycles. The summed E-state index contributed by atoms with van der Waals surface area (Å²) in [6.45, 7) is 1.29. The summed E-state index contributed by atoms with van der Waals surface area (Å²) in [6, 6.07) is 2.58. The van der Waals surface area contributed by atoms with Crippen molar-refractivity contribution in [3.8, 4) is 0 Å². The van der Waals surface area contributed by atoms with E-state index >= 15 is 0 Å². The summed E-state index contributed by atoms with van der Waals surface area (Å²) in [7, 11) is 0. The lowest BCUT2D eigenvalue weighted by Gasteiger charge is -2.18. The van der Waals surface area contributed by atoms with E-state index in [0.29, 0.717) is 4.90 Å². The lowest BCUT2D eigenvalue weighted by molar-refractivity contribution is -0.385. The molecule has 0 saturated carbocycles. The summed E-state index contributed by atoms with van der Waals surface area (Å²) in [6.07, 6.45) is 0. The first-order chi connectivity index (χ1) is 8.86. The van der Waals surface area contributed by atoms with Gasteiger partial charge in [0, 0.05) is 6.07 Å². The van der Waals surface area contributed by atoms with Crippen LogP contribution in [0.2, 0.25) is 0 Å². The first-order valence-corrected chi connectivity index (χ1v) is 5.31. The highest BCUT2D eigenvalue weighted by molar-refractivity contribution is 6.24. The Morgan fingerprint density at radius 1 is 1.37 bits per heavy atom. The third-order valence-corrected chi connectivity index (χ3v) is 2.92. The van der Waals surface area contributed by atoms with E-state index in [-0.39, 0.29) is 11.1 Å². The molecular formula is C11H9N3O5. The number of imide groups is 1. The second-order valence-electron chi connectivity index (χ2n) is 4.02. The van der Waals surface area contributed by atoms with Crippen molar-refractivity contribution in [1.29, 1.82) is 0 Å². The van der Waals surface area contributed by atoms with Crippen LogP contribution < -0.4 is 5.73 Å². The monoisotopic (exact) mass is 263 g/mol. The molecule has 1 aromatic rings. The molecule has 8 nitrogen and oxygen atoms in total. The minimum atomic E-state index is -1.16. The molecule has 1 atom stereocenters. The van der Waals surface area contributed by atoms with E-state index in [1.807, 2.05) is 0 Å². The Morgan fingerprint density at radius 3 is 2.53 bits per heavy atom. The zero-order chi connectivity index (χ0) is 14.3. The molecule has 0 bridgehead atoms. The van der Waals surface area contributed by atoms with Crippen LogP contribution in [0.5, 0.6) is 0 Å². The number of benzene rings is 1. The summed E-state index contributed by atoms with van der Waals surface area (Å²) in [4.78, 5) is 45.9. The number of nitro benzene ring substituents is 1. The van der Waals surface area contributed by atoms with Gasteiger partial charge in [0.1, 0.15) is 11.6 Å². The normalized spacial score (nSPS) is 15.3. The molecule has 8 heteroatoms. The molecule has 1 aliphatic heterocycles. The van der Waals surface area contributed by atoms with Crippen molar-refractivity contribution in [2.45, 2.75) is 13.0 Å². The number of hydrogen-bond acceptors (Lipinski definition) is 5. The molecule has 2 N–H and O–H groups in total. The number of nitro groups is 1. The average Bonchev–Trinajstić information content (AvgIpc) is 2.61. The number of carbonyl (C=O) groups excluding carboxylic acids is 3. The van der Waals surface area contributed by atoms with Gasteiger partial charge < -0.3 is 5.73 Å². The number of nitrogens with zero attached hydrogens (tertiary/aromatic N) is 2. The zero-order valence-corrected chi connectivity index (χ0v) is 9.82. The second-order valence-corrected chi connectivity index (χ2v) is 4.02. The van der Waals surface area contributed by atoms with Crippen LogP contribution in [0.4, 0.5) is 5.69 Å². The van der Waals surface area contributed by atoms with E-state index in [1.54, 1.807) is 0 Å². The summed E-state index contributed by atoms with van der Waals surface area (Å²) < 4.78 is 0. The van der Waals surface area contributed by atoms with Crippen LogP contribution in [0.3, 0.4) is 0 Å². The third kappa shape index (κ3) is 1.73. The smallest absolute Gasteiger partial charge is 0.282 e. The highest BCUT2D eigenvalue weighted by Gasteiger charge is 2.44. The summed E-state index contributed by atoms with van der Waals surface area (Å²) in [5.41, 5.74) is 4.20.